The molecular formula is C13H21NO2S. The van der Waals surface area contributed by atoms with E-state index in [2.05, 4.69) is 6.92 Å². The molecule has 0 fully saturated rings. The summed E-state index contributed by atoms with van der Waals surface area (Å²) in [6, 6.07) is 5.98. The van der Waals surface area contributed by atoms with Gasteiger partial charge in [-0.1, -0.05) is 13.0 Å². The van der Waals surface area contributed by atoms with Gasteiger partial charge in [0.2, 0.25) is 0 Å². The third kappa shape index (κ3) is 4.88. The topological polar surface area (TPSA) is 44.5 Å². The van der Waals surface area contributed by atoms with Crippen molar-refractivity contribution < 1.29 is 9.47 Å². The average Bonchev–Trinajstić information content (AvgIpc) is 2.35. The number of nitrogens with two attached hydrogens (primary N) is 1. The van der Waals surface area contributed by atoms with Crippen LogP contribution in [0.5, 0.6) is 11.5 Å². The quantitative estimate of drug-likeness (QED) is 0.724. The first-order chi connectivity index (χ1) is 8.31. The molecule has 0 saturated carbocycles. The summed E-state index contributed by atoms with van der Waals surface area (Å²) in [4.78, 5) is 0. The Morgan fingerprint density at radius 3 is 2.76 bits per heavy atom. The number of rotatable bonds is 8. The van der Waals surface area contributed by atoms with Crippen molar-refractivity contribution in [3.8, 4) is 11.5 Å². The summed E-state index contributed by atoms with van der Waals surface area (Å²) in [7, 11) is 1.66. The predicted octanol–water partition coefficient (Wildman–Crippen LogP) is 2.33. The van der Waals surface area contributed by atoms with Crippen LogP contribution in [0.2, 0.25) is 0 Å². The van der Waals surface area contributed by atoms with E-state index in [1.54, 1.807) is 7.11 Å². The van der Waals surface area contributed by atoms with Crippen molar-refractivity contribution in [2.24, 2.45) is 5.73 Å². The molecular weight excluding hydrogens is 234 g/mol. The SMILES string of the molecule is CCSCCOc1cc(CCN)ccc1OC. The van der Waals surface area contributed by atoms with Crippen LogP contribution in [0.1, 0.15) is 12.5 Å². The van der Waals surface area contributed by atoms with Crippen LogP contribution in [0, 0.1) is 0 Å². The molecule has 0 aliphatic rings. The maximum atomic E-state index is 5.73. The molecule has 0 atom stereocenters. The summed E-state index contributed by atoms with van der Waals surface area (Å²) in [5.74, 6) is 3.72. The van der Waals surface area contributed by atoms with Crippen molar-refractivity contribution in [3.63, 3.8) is 0 Å². The standard InChI is InChI=1S/C13H21NO2S/c1-3-17-9-8-16-13-10-11(6-7-14)4-5-12(13)15-2/h4-5,10H,3,6-9,14H2,1-2H3. The Hall–Kier alpha value is -0.870. The minimum atomic E-state index is 0.650. The van der Waals surface area contributed by atoms with Crippen molar-refractivity contribution in [1.82, 2.24) is 0 Å². The highest BCUT2D eigenvalue weighted by molar-refractivity contribution is 7.99. The third-order valence-electron chi connectivity index (χ3n) is 2.35. The van der Waals surface area contributed by atoms with Gasteiger partial charge in [-0.2, -0.15) is 11.8 Å². The summed E-state index contributed by atoms with van der Waals surface area (Å²) in [6.07, 6.45) is 0.865. The molecule has 4 heteroatoms. The molecule has 0 aliphatic carbocycles. The summed E-state index contributed by atoms with van der Waals surface area (Å²) < 4.78 is 11.0. The summed E-state index contributed by atoms with van der Waals surface area (Å²) in [5.41, 5.74) is 6.73. The molecule has 0 spiro atoms. The smallest absolute Gasteiger partial charge is 0.161 e. The molecule has 1 rings (SSSR count). The largest absolute Gasteiger partial charge is 0.493 e. The second kappa shape index (κ2) is 8.25. The van der Waals surface area contributed by atoms with E-state index >= 15 is 0 Å². The Morgan fingerprint density at radius 1 is 1.29 bits per heavy atom. The number of thioether (sulfide) groups is 1. The molecule has 0 radical (unpaired) electrons. The second-order valence-corrected chi connectivity index (χ2v) is 4.96. The molecule has 1 aromatic carbocycles. The lowest BCUT2D eigenvalue weighted by atomic mass is 10.1. The zero-order valence-electron chi connectivity index (χ0n) is 10.6. The normalized spacial score (nSPS) is 10.3. The highest BCUT2D eigenvalue weighted by Crippen LogP contribution is 2.28. The van der Waals surface area contributed by atoms with E-state index in [1.807, 2.05) is 30.0 Å². The van der Waals surface area contributed by atoms with Gasteiger partial charge >= 0.3 is 0 Å². The molecule has 0 bridgehead atoms. The average molecular weight is 255 g/mol. The fourth-order valence-electron chi connectivity index (χ4n) is 1.51. The molecule has 3 nitrogen and oxygen atoms in total. The molecule has 17 heavy (non-hydrogen) atoms. The maximum absolute atomic E-state index is 5.73. The number of ether oxygens (including phenoxy) is 2. The van der Waals surface area contributed by atoms with Crippen LogP contribution in [0.25, 0.3) is 0 Å². The lowest BCUT2D eigenvalue weighted by molar-refractivity contribution is 0.313. The van der Waals surface area contributed by atoms with Gasteiger partial charge in [0, 0.05) is 5.75 Å². The van der Waals surface area contributed by atoms with E-state index in [0.29, 0.717) is 13.2 Å². The van der Waals surface area contributed by atoms with E-state index in [1.165, 1.54) is 5.56 Å². The lowest BCUT2D eigenvalue weighted by Gasteiger charge is -2.12. The van der Waals surface area contributed by atoms with E-state index in [4.69, 9.17) is 15.2 Å². The predicted molar refractivity (Wildman–Crippen MR) is 74.2 cm³/mol. The highest BCUT2D eigenvalue weighted by Gasteiger charge is 2.05. The molecule has 1 aromatic rings. The zero-order chi connectivity index (χ0) is 12.5. The summed E-state index contributed by atoms with van der Waals surface area (Å²) in [6.45, 7) is 3.51. The lowest BCUT2D eigenvalue weighted by Crippen LogP contribution is -2.05. The Kier molecular flexibility index (Phi) is 6.89. The van der Waals surface area contributed by atoms with Crippen LogP contribution in [0.3, 0.4) is 0 Å². The van der Waals surface area contributed by atoms with E-state index in [-0.39, 0.29) is 0 Å². The Morgan fingerprint density at radius 2 is 2.12 bits per heavy atom. The van der Waals surface area contributed by atoms with Crippen LogP contribution in [0.15, 0.2) is 18.2 Å². The van der Waals surface area contributed by atoms with Gasteiger partial charge < -0.3 is 15.2 Å². The number of hydrogen-bond donors (Lipinski definition) is 1. The monoisotopic (exact) mass is 255 g/mol. The van der Waals surface area contributed by atoms with Crippen LogP contribution in [-0.2, 0) is 6.42 Å². The van der Waals surface area contributed by atoms with Gasteiger partial charge in [-0.15, -0.1) is 0 Å². The summed E-state index contributed by atoms with van der Waals surface area (Å²) >= 11 is 1.87. The molecule has 0 heterocycles. The molecule has 0 aromatic heterocycles. The van der Waals surface area contributed by atoms with E-state index < -0.39 is 0 Å². The van der Waals surface area contributed by atoms with Gasteiger partial charge in [0.1, 0.15) is 0 Å². The van der Waals surface area contributed by atoms with Gasteiger partial charge in [0.05, 0.1) is 13.7 Å². The highest BCUT2D eigenvalue weighted by atomic mass is 32.2. The minimum Gasteiger partial charge on any atom is -0.493 e. The van der Waals surface area contributed by atoms with Gasteiger partial charge in [-0.05, 0) is 36.4 Å². The molecule has 96 valence electrons. The van der Waals surface area contributed by atoms with E-state index in [9.17, 15) is 0 Å². The molecule has 0 saturated heterocycles. The molecule has 2 N–H and O–H groups in total. The molecule has 0 unspecified atom stereocenters. The Bertz CT molecular complexity index is 331. The van der Waals surface area contributed by atoms with Crippen molar-refractivity contribution in [2.45, 2.75) is 13.3 Å². The minimum absolute atomic E-state index is 0.650. The Labute approximate surface area is 108 Å². The van der Waals surface area contributed by atoms with Crippen molar-refractivity contribution in [3.05, 3.63) is 23.8 Å². The third-order valence-corrected chi connectivity index (χ3v) is 3.21. The maximum Gasteiger partial charge on any atom is 0.161 e. The zero-order valence-corrected chi connectivity index (χ0v) is 11.4. The van der Waals surface area contributed by atoms with Gasteiger partial charge in [-0.25, -0.2) is 0 Å². The first kappa shape index (κ1) is 14.2. The first-order valence-corrected chi connectivity index (χ1v) is 7.04. The van der Waals surface area contributed by atoms with Crippen molar-refractivity contribution >= 4 is 11.8 Å². The first-order valence-electron chi connectivity index (χ1n) is 5.89. The fourth-order valence-corrected chi connectivity index (χ4v) is 2.00. The number of methoxy groups -OCH3 is 1. The molecule has 0 amide bonds. The van der Waals surface area contributed by atoms with Crippen molar-refractivity contribution in [1.29, 1.82) is 0 Å². The van der Waals surface area contributed by atoms with Gasteiger partial charge in [-0.3, -0.25) is 0 Å². The van der Waals surface area contributed by atoms with Crippen LogP contribution in [-0.4, -0.2) is 31.8 Å². The van der Waals surface area contributed by atoms with Gasteiger partial charge in [0.25, 0.3) is 0 Å². The van der Waals surface area contributed by atoms with Crippen LogP contribution < -0.4 is 15.2 Å². The Balaban J connectivity index is 2.62. The fraction of sp³-hybridized carbons (Fsp3) is 0.538. The molecule has 0 aliphatic heterocycles. The van der Waals surface area contributed by atoms with Crippen LogP contribution >= 0.6 is 11.8 Å². The number of benzene rings is 1. The summed E-state index contributed by atoms with van der Waals surface area (Å²) in [5, 5.41) is 0. The number of hydrogen-bond acceptors (Lipinski definition) is 4. The van der Waals surface area contributed by atoms with Crippen molar-refractivity contribution in [2.75, 3.05) is 31.8 Å². The van der Waals surface area contributed by atoms with E-state index in [0.717, 1.165) is 29.4 Å². The van der Waals surface area contributed by atoms with Crippen LogP contribution in [0.4, 0.5) is 0 Å². The van der Waals surface area contributed by atoms with Gasteiger partial charge in [0.15, 0.2) is 11.5 Å². The second-order valence-electron chi connectivity index (χ2n) is 3.57.